The number of ether oxygens (including phenoxy) is 2. The summed E-state index contributed by atoms with van der Waals surface area (Å²) in [6.07, 6.45) is -2.27. The Bertz CT molecular complexity index is 172. The number of rotatable bonds is 4. The van der Waals surface area contributed by atoms with Gasteiger partial charge in [0.2, 0.25) is 0 Å². The second-order valence-electron chi connectivity index (χ2n) is 2.82. The Balaban J connectivity index is 2.48. The first-order chi connectivity index (χ1) is 6.20. The Labute approximate surface area is 76.2 Å². The monoisotopic (exact) mass is 190 g/mol. The predicted octanol–water partition coefficient (Wildman–Crippen LogP) is -1.37. The van der Waals surface area contributed by atoms with Gasteiger partial charge in [-0.25, -0.2) is 0 Å². The molecule has 1 rings (SSSR count). The normalized spacial score (nSPS) is 39.3. The maximum absolute atomic E-state index is 9.44. The zero-order valence-electron chi connectivity index (χ0n) is 7.17. The van der Waals surface area contributed by atoms with Gasteiger partial charge in [-0.1, -0.05) is 6.08 Å². The summed E-state index contributed by atoms with van der Waals surface area (Å²) in [6.45, 7) is 3.31. The zero-order valence-corrected chi connectivity index (χ0v) is 7.17. The highest BCUT2D eigenvalue weighted by atomic mass is 16.7. The molecule has 3 N–H and O–H groups in total. The Morgan fingerprint density at radius 2 is 2.15 bits per heavy atom. The van der Waals surface area contributed by atoms with E-state index in [-0.39, 0.29) is 13.2 Å². The average Bonchev–Trinajstić information content (AvgIpc) is 2.39. The molecule has 1 unspecified atom stereocenters. The van der Waals surface area contributed by atoms with Crippen LogP contribution in [-0.2, 0) is 9.47 Å². The molecule has 4 atom stereocenters. The second-order valence-corrected chi connectivity index (χ2v) is 2.82. The Morgan fingerprint density at radius 3 is 2.62 bits per heavy atom. The van der Waals surface area contributed by atoms with E-state index in [9.17, 15) is 10.2 Å². The fourth-order valence-corrected chi connectivity index (χ4v) is 1.23. The van der Waals surface area contributed by atoms with E-state index in [1.165, 1.54) is 6.08 Å². The molecule has 0 spiro atoms. The van der Waals surface area contributed by atoms with Gasteiger partial charge in [0.25, 0.3) is 0 Å². The molecule has 1 heterocycles. The van der Waals surface area contributed by atoms with Gasteiger partial charge in [0.05, 0.1) is 13.2 Å². The van der Waals surface area contributed by atoms with E-state index in [0.29, 0.717) is 0 Å². The molecule has 13 heavy (non-hydrogen) atoms. The van der Waals surface area contributed by atoms with Crippen LogP contribution in [0.3, 0.4) is 0 Å². The van der Waals surface area contributed by atoms with E-state index < -0.39 is 24.6 Å². The van der Waals surface area contributed by atoms with Crippen molar-refractivity contribution in [2.75, 3.05) is 13.2 Å². The van der Waals surface area contributed by atoms with Gasteiger partial charge in [0.1, 0.15) is 18.3 Å². The molecule has 0 bridgehead atoms. The van der Waals surface area contributed by atoms with Crippen molar-refractivity contribution in [3.63, 3.8) is 0 Å². The third-order valence-corrected chi connectivity index (χ3v) is 1.90. The minimum Gasteiger partial charge on any atom is -0.394 e. The van der Waals surface area contributed by atoms with Crippen LogP contribution in [0.1, 0.15) is 0 Å². The molecule has 0 aromatic heterocycles. The van der Waals surface area contributed by atoms with Crippen LogP contribution in [-0.4, -0.2) is 53.1 Å². The van der Waals surface area contributed by atoms with E-state index >= 15 is 0 Å². The minimum absolute atomic E-state index is 0.223. The molecule has 5 nitrogen and oxygen atoms in total. The van der Waals surface area contributed by atoms with E-state index in [1.54, 1.807) is 0 Å². The summed E-state index contributed by atoms with van der Waals surface area (Å²) in [5, 5.41) is 27.4. The third-order valence-electron chi connectivity index (χ3n) is 1.90. The van der Waals surface area contributed by atoms with Crippen molar-refractivity contribution in [3.05, 3.63) is 12.7 Å². The molecule has 0 aromatic carbocycles. The topological polar surface area (TPSA) is 79.2 Å². The van der Waals surface area contributed by atoms with Crippen molar-refractivity contribution in [3.8, 4) is 0 Å². The first-order valence-corrected chi connectivity index (χ1v) is 4.05. The molecule has 1 saturated heterocycles. The van der Waals surface area contributed by atoms with E-state index in [0.717, 1.165) is 0 Å². The predicted molar refractivity (Wildman–Crippen MR) is 43.9 cm³/mol. The lowest BCUT2D eigenvalue weighted by Crippen LogP contribution is -2.36. The molecule has 1 aliphatic heterocycles. The van der Waals surface area contributed by atoms with Crippen LogP contribution in [0, 0.1) is 0 Å². The molecule has 0 radical (unpaired) electrons. The standard InChI is InChI=1S/C8H14O5/c1-2-3-12-7-6(10)5(4-9)13-8(7)11/h2,5-11H,1,3-4H2/t5-,6-,7+,8?/m1/s1. The van der Waals surface area contributed by atoms with Crippen molar-refractivity contribution in [1.29, 1.82) is 0 Å². The first-order valence-electron chi connectivity index (χ1n) is 4.05. The number of aliphatic hydroxyl groups excluding tert-OH is 3. The average molecular weight is 190 g/mol. The van der Waals surface area contributed by atoms with Gasteiger partial charge in [-0.15, -0.1) is 6.58 Å². The van der Waals surface area contributed by atoms with Crippen molar-refractivity contribution in [1.82, 2.24) is 0 Å². The van der Waals surface area contributed by atoms with Crippen molar-refractivity contribution in [2.45, 2.75) is 24.6 Å². The third kappa shape index (κ3) is 2.26. The quantitative estimate of drug-likeness (QED) is 0.476. The van der Waals surface area contributed by atoms with Crippen molar-refractivity contribution < 1.29 is 24.8 Å². The summed E-state index contributed by atoms with van der Waals surface area (Å²) < 4.78 is 9.88. The molecule has 0 aliphatic carbocycles. The largest absolute Gasteiger partial charge is 0.394 e. The molecule has 0 saturated carbocycles. The molecule has 0 aromatic rings. The molecular weight excluding hydrogens is 176 g/mol. The maximum Gasteiger partial charge on any atom is 0.184 e. The summed E-state index contributed by atoms with van der Waals surface area (Å²) in [5.74, 6) is 0. The van der Waals surface area contributed by atoms with Gasteiger partial charge < -0.3 is 24.8 Å². The SMILES string of the molecule is C=CCO[C@@H]1C(O)O[C@H](CO)[C@H]1O. The van der Waals surface area contributed by atoms with Crippen LogP contribution in [0.2, 0.25) is 0 Å². The van der Waals surface area contributed by atoms with Crippen LogP contribution in [0.5, 0.6) is 0 Å². The maximum atomic E-state index is 9.44. The van der Waals surface area contributed by atoms with Crippen LogP contribution < -0.4 is 0 Å². The van der Waals surface area contributed by atoms with Gasteiger partial charge >= 0.3 is 0 Å². The molecule has 5 heteroatoms. The minimum atomic E-state index is -1.19. The summed E-state index contributed by atoms with van der Waals surface area (Å²) in [7, 11) is 0. The van der Waals surface area contributed by atoms with Crippen LogP contribution in [0.25, 0.3) is 0 Å². The van der Waals surface area contributed by atoms with Gasteiger partial charge in [-0.05, 0) is 0 Å². The van der Waals surface area contributed by atoms with Gasteiger partial charge in [-0.3, -0.25) is 0 Å². The highest BCUT2D eigenvalue weighted by Crippen LogP contribution is 2.21. The number of hydrogen-bond acceptors (Lipinski definition) is 5. The van der Waals surface area contributed by atoms with E-state index in [1.807, 2.05) is 0 Å². The first kappa shape index (κ1) is 10.6. The Kier molecular flexibility index (Phi) is 3.83. The fraction of sp³-hybridized carbons (Fsp3) is 0.750. The number of aliphatic hydroxyl groups is 3. The molecule has 1 aliphatic rings. The molecular formula is C8H14O5. The lowest BCUT2D eigenvalue weighted by atomic mass is 10.1. The van der Waals surface area contributed by atoms with Gasteiger partial charge in [-0.2, -0.15) is 0 Å². The van der Waals surface area contributed by atoms with Crippen LogP contribution in [0.15, 0.2) is 12.7 Å². The van der Waals surface area contributed by atoms with Gasteiger partial charge in [0.15, 0.2) is 6.29 Å². The van der Waals surface area contributed by atoms with E-state index in [2.05, 4.69) is 6.58 Å². The summed E-state index contributed by atoms with van der Waals surface area (Å²) in [5.41, 5.74) is 0. The number of hydrogen-bond donors (Lipinski definition) is 3. The molecule has 1 fully saturated rings. The summed E-state index contributed by atoms with van der Waals surface area (Å²) in [6, 6.07) is 0. The lowest BCUT2D eigenvalue weighted by Gasteiger charge is -2.16. The van der Waals surface area contributed by atoms with Crippen molar-refractivity contribution >= 4 is 0 Å². The summed E-state index contributed by atoms with van der Waals surface area (Å²) >= 11 is 0. The zero-order chi connectivity index (χ0) is 9.84. The highest BCUT2D eigenvalue weighted by Gasteiger charge is 2.43. The lowest BCUT2D eigenvalue weighted by molar-refractivity contribution is -0.144. The van der Waals surface area contributed by atoms with Crippen molar-refractivity contribution in [2.24, 2.45) is 0 Å². The van der Waals surface area contributed by atoms with Crippen LogP contribution >= 0.6 is 0 Å². The Hall–Kier alpha value is -0.460. The highest BCUT2D eigenvalue weighted by molar-refractivity contribution is 4.87. The molecule has 0 amide bonds. The Morgan fingerprint density at radius 1 is 1.46 bits per heavy atom. The summed E-state index contributed by atoms with van der Waals surface area (Å²) in [4.78, 5) is 0. The van der Waals surface area contributed by atoms with E-state index in [4.69, 9.17) is 14.6 Å². The molecule has 76 valence electrons. The smallest absolute Gasteiger partial charge is 0.184 e. The fourth-order valence-electron chi connectivity index (χ4n) is 1.23. The van der Waals surface area contributed by atoms with Gasteiger partial charge in [0, 0.05) is 0 Å². The van der Waals surface area contributed by atoms with Crippen LogP contribution in [0.4, 0.5) is 0 Å². The second kappa shape index (κ2) is 4.69.